The number of aromatic amines is 1. The lowest BCUT2D eigenvalue weighted by Crippen LogP contribution is -2.46. The van der Waals surface area contributed by atoms with E-state index in [1.165, 1.54) is 9.47 Å². The first-order valence-corrected chi connectivity index (χ1v) is 10.9. The monoisotopic (exact) mass is 470 g/mol. The number of carbonyl (C=O) groups excluding carboxylic acids is 1. The van der Waals surface area contributed by atoms with Crippen LogP contribution in [0.2, 0.25) is 10.0 Å². The number of H-pyrrole nitrogens is 1. The Kier molecular flexibility index (Phi) is 8.59. The number of anilines is 2. The van der Waals surface area contributed by atoms with E-state index in [2.05, 4.69) is 4.98 Å². The molecule has 170 valence electrons. The minimum absolute atomic E-state index is 0.0557. The first-order chi connectivity index (χ1) is 14.6. The topological polar surface area (TPSA) is 110 Å². The third-order valence-corrected chi connectivity index (χ3v) is 5.40. The summed E-state index contributed by atoms with van der Waals surface area (Å²) in [5.74, 6) is -0.195. The molecule has 1 aromatic heterocycles. The van der Waals surface area contributed by atoms with Crippen molar-refractivity contribution >= 4 is 40.6 Å². The van der Waals surface area contributed by atoms with Crippen LogP contribution >= 0.6 is 23.2 Å². The molecule has 8 nitrogen and oxygen atoms in total. The van der Waals surface area contributed by atoms with Gasteiger partial charge in [0.1, 0.15) is 16.6 Å². The van der Waals surface area contributed by atoms with E-state index < -0.39 is 23.3 Å². The van der Waals surface area contributed by atoms with Gasteiger partial charge in [0.25, 0.3) is 11.5 Å². The van der Waals surface area contributed by atoms with E-state index in [0.29, 0.717) is 18.0 Å². The zero-order chi connectivity index (χ0) is 23.3. The van der Waals surface area contributed by atoms with Crippen molar-refractivity contribution in [3.8, 4) is 5.75 Å². The van der Waals surface area contributed by atoms with Gasteiger partial charge in [0, 0.05) is 13.1 Å². The molecule has 2 aromatic rings. The summed E-state index contributed by atoms with van der Waals surface area (Å²) in [4.78, 5) is 41.8. The number of nitrogens with zero attached hydrogens (tertiary/aromatic N) is 2. The molecule has 0 aliphatic heterocycles. The maximum absolute atomic E-state index is 13.3. The highest BCUT2D eigenvalue weighted by Gasteiger charge is 2.29. The number of unbranched alkanes of at least 4 members (excludes halogenated alkanes) is 1. The molecule has 3 N–H and O–H groups in total. The summed E-state index contributed by atoms with van der Waals surface area (Å²) in [5, 5.41) is 0.481. The standard InChI is InChI=1S/C21H28Cl2N4O4/c1-5-6-10-26(17-18(24)27(11-12(2)3)21(30)25-19(17)28)20(29)13(4)31-15-9-7-8-14(22)16(15)23/h7-9,12-13H,5-6,10-11,24H2,1-4H3,(H,25,28,30). The molecule has 0 spiro atoms. The number of carbonyl (C=O) groups is 1. The molecule has 0 bridgehead atoms. The fourth-order valence-corrected chi connectivity index (χ4v) is 3.40. The van der Waals surface area contributed by atoms with E-state index >= 15 is 0 Å². The number of hydrogen-bond donors (Lipinski definition) is 2. The minimum atomic E-state index is -0.989. The van der Waals surface area contributed by atoms with Crippen LogP contribution < -0.4 is 26.6 Å². The van der Waals surface area contributed by atoms with Crippen LogP contribution in [0.25, 0.3) is 0 Å². The molecule has 0 aliphatic carbocycles. The van der Waals surface area contributed by atoms with Crippen molar-refractivity contribution in [2.45, 2.75) is 53.2 Å². The zero-order valence-electron chi connectivity index (χ0n) is 18.1. The molecule has 2 rings (SSSR count). The normalized spacial score (nSPS) is 12.1. The van der Waals surface area contributed by atoms with Crippen LogP contribution in [0, 0.1) is 5.92 Å². The Morgan fingerprint density at radius 2 is 1.94 bits per heavy atom. The van der Waals surface area contributed by atoms with Gasteiger partial charge in [-0.05, 0) is 31.4 Å². The lowest BCUT2D eigenvalue weighted by atomic mass is 10.2. The maximum Gasteiger partial charge on any atom is 0.330 e. The fourth-order valence-electron chi connectivity index (χ4n) is 3.07. The summed E-state index contributed by atoms with van der Waals surface area (Å²) < 4.78 is 7.01. The van der Waals surface area contributed by atoms with Crippen LogP contribution in [-0.2, 0) is 11.3 Å². The molecule has 10 heteroatoms. The molecule has 1 unspecified atom stereocenters. The number of benzene rings is 1. The Bertz CT molecular complexity index is 1050. The number of nitrogen functional groups attached to an aromatic ring is 1. The van der Waals surface area contributed by atoms with Gasteiger partial charge in [-0.2, -0.15) is 0 Å². The molecular weight excluding hydrogens is 443 g/mol. The summed E-state index contributed by atoms with van der Waals surface area (Å²) in [7, 11) is 0. The number of nitrogens with two attached hydrogens (primary N) is 1. The third-order valence-electron chi connectivity index (χ3n) is 4.60. The Labute approximate surface area is 190 Å². The molecule has 0 aliphatic rings. The number of hydrogen-bond acceptors (Lipinski definition) is 5. The SMILES string of the molecule is CCCCN(C(=O)C(C)Oc1cccc(Cl)c1Cl)c1c(N)n(CC(C)C)c(=O)[nH]c1=O. The predicted octanol–water partition coefficient (Wildman–Crippen LogP) is 3.68. The van der Waals surface area contributed by atoms with Gasteiger partial charge in [0.2, 0.25) is 0 Å². The summed E-state index contributed by atoms with van der Waals surface area (Å²) in [6.45, 7) is 7.88. The molecule has 0 fully saturated rings. The van der Waals surface area contributed by atoms with Gasteiger partial charge in [0.05, 0.1) is 5.02 Å². The largest absolute Gasteiger partial charge is 0.479 e. The average Bonchev–Trinajstić information content (AvgIpc) is 2.70. The van der Waals surface area contributed by atoms with E-state index in [9.17, 15) is 14.4 Å². The van der Waals surface area contributed by atoms with Crippen molar-refractivity contribution in [2.24, 2.45) is 5.92 Å². The van der Waals surface area contributed by atoms with Gasteiger partial charge in [-0.1, -0.05) is 56.5 Å². The maximum atomic E-state index is 13.3. The number of nitrogens with one attached hydrogen (secondary N) is 1. The molecule has 1 aromatic carbocycles. The summed E-state index contributed by atoms with van der Waals surface area (Å²) in [5.41, 5.74) is 4.81. The highest BCUT2D eigenvalue weighted by Crippen LogP contribution is 2.32. The van der Waals surface area contributed by atoms with E-state index in [1.54, 1.807) is 25.1 Å². The molecule has 1 atom stereocenters. The number of ether oxygens (including phenoxy) is 1. The van der Waals surface area contributed by atoms with Gasteiger partial charge in [-0.3, -0.25) is 19.1 Å². The predicted molar refractivity (Wildman–Crippen MR) is 124 cm³/mol. The van der Waals surface area contributed by atoms with E-state index in [0.717, 1.165) is 6.42 Å². The molecule has 0 saturated heterocycles. The summed E-state index contributed by atoms with van der Waals surface area (Å²) in [6.07, 6.45) is 0.415. The molecule has 31 heavy (non-hydrogen) atoms. The lowest BCUT2D eigenvalue weighted by Gasteiger charge is -2.27. The van der Waals surface area contributed by atoms with Crippen LogP contribution in [0.1, 0.15) is 40.5 Å². The fraction of sp³-hybridized carbons (Fsp3) is 0.476. The minimum Gasteiger partial charge on any atom is -0.479 e. The van der Waals surface area contributed by atoms with Gasteiger partial charge in [0.15, 0.2) is 11.8 Å². The molecular formula is C21H28Cl2N4O4. The molecule has 0 saturated carbocycles. The van der Waals surface area contributed by atoms with Crippen LogP contribution in [0.5, 0.6) is 5.75 Å². The number of halogens is 2. The van der Waals surface area contributed by atoms with Crippen molar-refractivity contribution in [3.05, 3.63) is 49.1 Å². The number of rotatable bonds is 9. The molecule has 1 amide bonds. The quantitative estimate of drug-likeness (QED) is 0.580. The average molecular weight is 471 g/mol. The summed E-state index contributed by atoms with van der Waals surface area (Å²) in [6, 6.07) is 4.85. The van der Waals surface area contributed by atoms with Crippen LogP contribution in [0.15, 0.2) is 27.8 Å². The van der Waals surface area contributed by atoms with Gasteiger partial charge in [-0.25, -0.2) is 4.79 Å². The van der Waals surface area contributed by atoms with Crippen LogP contribution in [0.4, 0.5) is 11.5 Å². The van der Waals surface area contributed by atoms with Gasteiger partial charge >= 0.3 is 5.69 Å². The molecule has 0 radical (unpaired) electrons. The Balaban J connectivity index is 2.47. The van der Waals surface area contributed by atoms with Gasteiger partial charge in [-0.15, -0.1) is 0 Å². The first-order valence-electron chi connectivity index (χ1n) is 10.1. The van der Waals surface area contributed by atoms with Crippen LogP contribution in [0.3, 0.4) is 0 Å². The van der Waals surface area contributed by atoms with E-state index in [-0.39, 0.29) is 34.7 Å². The Hall–Kier alpha value is -2.45. The second kappa shape index (κ2) is 10.7. The van der Waals surface area contributed by atoms with Crippen molar-refractivity contribution in [3.63, 3.8) is 0 Å². The number of aromatic nitrogens is 2. The Morgan fingerprint density at radius 1 is 1.26 bits per heavy atom. The van der Waals surface area contributed by atoms with Crippen molar-refractivity contribution in [1.29, 1.82) is 0 Å². The lowest BCUT2D eigenvalue weighted by molar-refractivity contribution is -0.124. The smallest absolute Gasteiger partial charge is 0.330 e. The van der Waals surface area contributed by atoms with Crippen molar-refractivity contribution < 1.29 is 9.53 Å². The number of amides is 1. The van der Waals surface area contributed by atoms with E-state index in [1.807, 2.05) is 20.8 Å². The first kappa shape index (κ1) is 24.8. The Morgan fingerprint density at radius 3 is 2.55 bits per heavy atom. The van der Waals surface area contributed by atoms with Crippen LogP contribution in [-0.4, -0.2) is 28.1 Å². The highest BCUT2D eigenvalue weighted by atomic mass is 35.5. The molecule has 1 heterocycles. The van der Waals surface area contributed by atoms with Gasteiger partial charge < -0.3 is 15.4 Å². The highest BCUT2D eigenvalue weighted by molar-refractivity contribution is 6.42. The zero-order valence-corrected chi connectivity index (χ0v) is 19.6. The second-order valence-corrected chi connectivity index (χ2v) is 8.44. The summed E-state index contributed by atoms with van der Waals surface area (Å²) >= 11 is 12.2. The second-order valence-electron chi connectivity index (χ2n) is 7.65. The van der Waals surface area contributed by atoms with E-state index in [4.69, 9.17) is 33.7 Å². The van der Waals surface area contributed by atoms with Crippen molar-refractivity contribution in [2.75, 3.05) is 17.2 Å². The third kappa shape index (κ3) is 5.83. The van der Waals surface area contributed by atoms with Crippen molar-refractivity contribution in [1.82, 2.24) is 9.55 Å².